The fourth-order valence-corrected chi connectivity index (χ4v) is 4.80. The predicted octanol–water partition coefficient (Wildman–Crippen LogP) is 6.38. The van der Waals surface area contributed by atoms with Crippen molar-refractivity contribution in [1.29, 1.82) is 0 Å². The fraction of sp³-hybridized carbons (Fsp3) is 0.379. The number of aliphatic carboxylic acids is 1. The normalized spacial score (nSPS) is 17.9. The van der Waals surface area contributed by atoms with Crippen LogP contribution in [0.2, 0.25) is 0 Å². The molecule has 4 rings (SSSR count). The van der Waals surface area contributed by atoms with Crippen molar-refractivity contribution >= 4 is 17.6 Å². The summed E-state index contributed by atoms with van der Waals surface area (Å²) in [7, 11) is 0. The fourth-order valence-electron chi connectivity index (χ4n) is 4.80. The van der Waals surface area contributed by atoms with Crippen molar-refractivity contribution in [3.8, 4) is 0 Å². The molecule has 5 nitrogen and oxygen atoms in total. The molecule has 0 radical (unpaired) electrons. The Morgan fingerprint density at radius 1 is 1.09 bits per heavy atom. The zero-order chi connectivity index (χ0) is 24.2. The van der Waals surface area contributed by atoms with Crippen molar-refractivity contribution < 1.29 is 14.7 Å². The third-order valence-corrected chi connectivity index (χ3v) is 6.97. The van der Waals surface area contributed by atoms with E-state index in [1.165, 1.54) is 11.3 Å². The number of aromatic nitrogens is 1. The van der Waals surface area contributed by atoms with Gasteiger partial charge in [-0.15, -0.1) is 0 Å². The molecular formula is C29H34N2O3. The minimum absolute atomic E-state index is 0.0393. The van der Waals surface area contributed by atoms with Gasteiger partial charge in [0.2, 0.25) is 0 Å². The molecule has 0 bridgehead atoms. The molecule has 3 aromatic rings. The number of carbonyl (C=O) groups excluding carboxylic acids is 1. The van der Waals surface area contributed by atoms with Gasteiger partial charge >= 0.3 is 5.97 Å². The van der Waals surface area contributed by atoms with Crippen LogP contribution < -0.4 is 5.32 Å². The first-order valence-corrected chi connectivity index (χ1v) is 12.3. The van der Waals surface area contributed by atoms with Crippen LogP contribution in [0.5, 0.6) is 0 Å². The lowest BCUT2D eigenvalue weighted by Gasteiger charge is -2.20. The van der Waals surface area contributed by atoms with Crippen LogP contribution in [0.1, 0.15) is 77.9 Å². The molecular weight excluding hydrogens is 424 g/mol. The molecule has 1 saturated carbocycles. The third kappa shape index (κ3) is 5.24. The number of hydrogen-bond acceptors (Lipinski definition) is 2. The van der Waals surface area contributed by atoms with E-state index in [2.05, 4.69) is 54.1 Å². The first-order chi connectivity index (χ1) is 16.4. The molecule has 1 aliphatic rings. The zero-order valence-corrected chi connectivity index (χ0v) is 20.3. The first-order valence-electron chi connectivity index (χ1n) is 12.3. The lowest BCUT2D eigenvalue weighted by Crippen LogP contribution is -2.21. The maximum absolute atomic E-state index is 13.4. The van der Waals surface area contributed by atoms with Crippen LogP contribution in [0.25, 0.3) is 0 Å². The smallest absolute Gasteiger partial charge is 0.307 e. The summed E-state index contributed by atoms with van der Waals surface area (Å²) in [5.41, 5.74) is 5.85. The largest absolute Gasteiger partial charge is 0.481 e. The van der Waals surface area contributed by atoms with Crippen molar-refractivity contribution in [2.45, 2.75) is 64.8 Å². The summed E-state index contributed by atoms with van der Waals surface area (Å²) in [6.07, 6.45) is 4.48. The van der Waals surface area contributed by atoms with E-state index in [0.717, 1.165) is 36.8 Å². The number of amides is 1. The number of aryl methyl sites for hydroxylation is 3. The van der Waals surface area contributed by atoms with Crippen molar-refractivity contribution in [2.75, 3.05) is 5.32 Å². The maximum Gasteiger partial charge on any atom is 0.307 e. The maximum atomic E-state index is 13.4. The third-order valence-electron chi connectivity index (χ3n) is 6.97. The highest BCUT2D eigenvalue weighted by Gasteiger charge is 2.45. The molecule has 0 aliphatic heterocycles. The molecule has 3 atom stereocenters. The van der Waals surface area contributed by atoms with Crippen LogP contribution in [0.15, 0.2) is 60.7 Å². The number of hydrogen-bond donors (Lipinski definition) is 2. The van der Waals surface area contributed by atoms with Crippen LogP contribution in [0.4, 0.5) is 5.69 Å². The highest BCUT2D eigenvalue weighted by molar-refractivity contribution is 6.04. The number of carboxylic acids is 1. The second kappa shape index (κ2) is 10.3. The number of rotatable bonds is 10. The Morgan fingerprint density at radius 3 is 2.53 bits per heavy atom. The SMILES string of the molecule is CC[C@H](C)n1c(CCCc2ccccc2)ccc1C(=O)Nc1ccc(C)cc1C1CC1C(=O)O. The van der Waals surface area contributed by atoms with Crippen LogP contribution >= 0.6 is 0 Å². The van der Waals surface area contributed by atoms with Gasteiger partial charge in [-0.3, -0.25) is 9.59 Å². The van der Waals surface area contributed by atoms with Gasteiger partial charge < -0.3 is 15.0 Å². The van der Waals surface area contributed by atoms with Crippen molar-refractivity contribution in [1.82, 2.24) is 4.57 Å². The van der Waals surface area contributed by atoms with Gasteiger partial charge in [0.25, 0.3) is 5.91 Å². The summed E-state index contributed by atoms with van der Waals surface area (Å²) in [4.78, 5) is 24.8. The van der Waals surface area contributed by atoms with E-state index in [9.17, 15) is 14.7 Å². The molecule has 1 heterocycles. The lowest BCUT2D eigenvalue weighted by atomic mass is 10.0. The number of carbonyl (C=O) groups is 2. The first kappa shape index (κ1) is 23.8. The Morgan fingerprint density at radius 2 is 1.85 bits per heavy atom. The van der Waals surface area contributed by atoms with E-state index < -0.39 is 5.97 Å². The lowest BCUT2D eigenvalue weighted by molar-refractivity contribution is -0.138. The zero-order valence-electron chi connectivity index (χ0n) is 20.3. The second-order valence-corrected chi connectivity index (χ2v) is 9.51. The number of benzene rings is 2. The van der Waals surface area contributed by atoms with Gasteiger partial charge in [0.05, 0.1) is 5.92 Å². The molecule has 5 heteroatoms. The van der Waals surface area contributed by atoms with Gasteiger partial charge in [0, 0.05) is 23.3 Å². The van der Waals surface area contributed by atoms with Crippen molar-refractivity contribution in [2.24, 2.45) is 5.92 Å². The molecule has 0 spiro atoms. The van der Waals surface area contributed by atoms with Gasteiger partial charge in [-0.2, -0.15) is 0 Å². The minimum atomic E-state index is -0.769. The van der Waals surface area contributed by atoms with Gasteiger partial charge in [-0.1, -0.05) is 55.0 Å². The van der Waals surface area contributed by atoms with Crippen LogP contribution in [-0.4, -0.2) is 21.6 Å². The average molecular weight is 459 g/mol. The summed E-state index contributed by atoms with van der Waals surface area (Å²) in [6.45, 7) is 6.27. The topological polar surface area (TPSA) is 71.3 Å². The average Bonchev–Trinajstić information content (AvgIpc) is 3.53. The van der Waals surface area contributed by atoms with Gasteiger partial charge in [0.15, 0.2) is 0 Å². The standard InChI is InChI=1S/C29H34N2O3/c1-4-20(3)31-22(12-8-11-21-9-6-5-7-10-21)14-16-27(31)28(32)30-26-15-13-19(2)17-24(26)23-18-25(23)29(33)34/h5-7,9-10,13-17,20,23,25H,4,8,11-12,18H2,1-3H3,(H,30,32)(H,33,34)/t20-,23?,25?/m0/s1. The Bertz CT molecular complexity index is 1170. The molecule has 1 fully saturated rings. The van der Waals surface area contributed by atoms with Gasteiger partial charge in [-0.05, 0) is 75.3 Å². The van der Waals surface area contributed by atoms with E-state index in [0.29, 0.717) is 17.8 Å². The minimum Gasteiger partial charge on any atom is -0.481 e. The molecule has 1 aliphatic carbocycles. The second-order valence-electron chi connectivity index (χ2n) is 9.51. The Balaban J connectivity index is 1.53. The Hall–Kier alpha value is -3.34. The molecule has 2 unspecified atom stereocenters. The van der Waals surface area contributed by atoms with Crippen LogP contribution in [0.3, 0.4) is 0 Å². The van der Waals surface area contributed by atoms with Crippen LogP contribution in [0, 0.1) is 12.8 Å². The molecule has 2 aromatic carbocycles. The molecule has 0 saturated heterocycles. The summed E-state index contributed by atoms with van der Waals surface area (Å²) in [6, 6.07) is 20.5. The van der Waals surface area contributed by atoms with E-state index in [-0.39, 0.29) is 23.8 Å². The van der Waals surface area contributed by atoms with E-state index in [1.54, 1.807) is 0 Å². The summed E-state index contributed by atoms with van der Waals surface area (Å²) in [5.74, 6) is -1.32. The monoisotopic (exact) mass is 458 g/mol. The number of carboxylic acid groups (broad SMARTS) is 1. The molecule has 34 heavy (non-hydrogen) atoms. The molecule has 2 N–H and O–H groups in total. The van der Waals surface area contributed by atoms with Gasteiger partial charge in [-0.25, -0.2) is 0 Å². The van der Waals surface area contributed by atoms with E-state index in [4.69, 9.17) is 0 Å². The molecule has 1 amide bonds. The Kier molecular flexibility index (Phi) is 7.20. The summed E-state index contributed by atoms with van der Waals surface area (Å²) in [5, 5.41) is 12.5. The highest BCUT2D eigenvalue weighted by atomic mass is 16.4. The number of nitrogens with one attached hydrogen (secondary N) is 1. The Labute approximate surface area is 201 Å². The van der Waals surface area contributed by atoms with E-state index >= 15 is 0 Å². The van der Waals surface area contributed by atoms with Crippen molar-refractivity contribution in [3.05, 3.63) is 88.7 Å². The van der Waals surface area contributed by atoms with Crippen LogP contribution in [-0.2, 0) is 17.6 Å². The quantitative estimate of drug-likeness (QED) is 0.370. The van der Waals surface area contributed by atoms with E-state index in [1.807, 2.05) is 37.3 Å². The molecule has 1 aromatic heterocycles. The summed E-state index contributed by atoms with van der Waals surface area (Å²) < 4.78 is 2.17. The number of nitrogens with zero attached hydrogens (tertiary/aromatic N) is 1. The van der Waals surface area contributed by atoms with Crippen molar-refractivity contribution in [3.63, 3.8) is 0 Å². The van der Waals surface area contributed by atoms with Gasteiger partial charge in [0.1, 0.15) is 5.69 Å². The predicted molar refractivity (Wildman–Crippen MR) is 136 cm³/mol. The summed E-state index contributed by atoms with van der Waals surface area (Å²) >= 11 is 0. The number of anilines is 1. The highest BCUT2D eigenvalue weighted by Crippen LogP contribution is 2.50. The molecule has 178 valence electrons.